The van der Waals surface area contributed by atoms with Gasteiger partial charge in [-0.05, 0) is 26.0 Å². The lowest BCUT2D eigenvalue weighted by Gasteiger charge is -2.31. The van der Waals surface area contributed by atoms with Crippen LogP contribution in [0.4, 0.5) is 5.69 Å². The van der Waals surface area contributed by atoms with Gasteiger partial charge in [-0.15, -0.1) is 11.6 Å². The van der Waals surface area contributed by atoms with Crippen molar-refractivity contribution in [2.75, 3.05) is 5.32 Å². The van der Waals surface area contributed by atoms with Gasteiger partial charge in [0.1, 0.15) is 17.1 Å². The first-order valence-electron chi connectivity index (χ1n) is 8.50. The number of anilines is 1. The van der Waals surface area contributed by atoms with Crippen LogP contribution >= 0.6 is 11.6 Å². The average Bonchev–Trinajstić information content (AvgIpc) is 2.64. The number of carbonyl (C=O) groups is 4. The smallest absolute Gasteiger partial charge is 0.235 e. The number of ketones is 3. The van der Waals surface area contributed by atoms with Crippen LogP contribution in [-0.2, 0) is 9.59 Å². The second-order valence-corrected chi connectivity index (χ2v) is 7.12. The number of aryl methyl sites for hydroxylation is 1. The molecule has 1 aliphatic carbocycles. The van der Waals surface area contributed by atoms with E-state index in [9.17, 15) is 19.2 Å². The van der Waals surface area contributed by atoms with E-state index in [0.29, 0.717) is 5.69 Å². The van der Waals surface area contributed by atoms with Crippen molar-refractivity contribution in [3.8, 4) is 0 Å². The van der Waals surface area contributed by atoms with E-state index in [1.54, 1.807) is 24.3 Å². The summed E-state index contributed by atoms with van der Waals surface area (Å²) < 4.78 is 0. The fourth-order valence-corrected chi connectivity index (χ4v) is 3.69. The maximum Gasteiger partial charge on any atom is 0.235 e. The van der Waals surface area contributed by atoms with Crippen LogP contribution in [0.3, 0.4) is 0 Å². The van der Waals surface area contributed by atoms with E-state index in [0.717, 1.165) is 5.56 Å². The number of fused-ring (bicyclic) bond motifs is 1. The zero-order valence-electron chi connectivity index (χ0n) is 14.9. The second kappa shape index (κ2) is 7.45. The van der Waals surface area contributed by atoms with Crippen molar-refractivity contribution in [2.24, 2.45) is 11.8 Å². The van der Waals surface area contributed by atoms with E-state index in [2.05, 4.69) is 5.32 Å². The Morgan fingerprint density at radius 2 is 1.52 bits per heavy atom. The number of amides is 1. The molecule has 27 heavy (non-hydrogen) atoms. The van der Waals surface area contributed by atoms with Crippen molar-refractivity contribution in [1.82, 2.24) is 0 Å². The van der Waals surface area contributed by atoms with E-state index < -0.39 is 40.5 Å². The van der Waals surface area contributed by atoms with Gasteiger partial charge >= 0.3 is 0 Å². The monoisotopic (exact) mass is 383 g/mol. The number of benzene rings is 2. The number of halogens is 1. The van der Waals surface area contributed by atoms with E-state index in [4.69, 9.17) is 11.6 Å². The summed E-state index contributed by atoms with van der Waals surface area (Å²) in [4.78, 5) is 50.6. The van der Waals surface area contributed by atoms with Gasteiger partial charge in [0.25, 0.3) is 0 Å². The summed E-state index contributed by atoms with van der Waals surface area (Å²) >= 11 is 6.26. The first-order valence-corrected chi connectivity index (χ1v) is 8.94. The highest BCUT2D eigenvalue weighted by Crippen LogP contribution is 2.35. The SMILES string of the molecule is CC(=O)[C@H](C(=O)Nc1ccc(C)cc1)[C@@H]1C(=O)c2ccccc2C(=O)[C@H]1Cl. The summed E-state index contributed by atoms with van der Waals surface area (Å²) in [5.41, 5.74) is 1.93. The van der Waals surface area contributed by atoms with Gasteiger partial charge in [0.15, 0.2) is 11.6 Å². The van der Waals surface area contributed by atoms with Crippen molar-refractivity contribution in [1.29, 1.82) is 0 Å². The van der Waals surface area contributed by atoms with Gasteiger partial charge in [0.2, 0.25) is 5.91 Å². The molecule has 0 saturated heterocycles. The lowest BCUT2D eigenvalue weighted by atomic mass is 9.73. The number of hydrogen-bond donors (Lipinski definition) is 1. The Hall–Kier alpha value is -2.79. The van der Waals surface area contributed by atoms with Crippen LogP contribution in [0.1, 0.15) is 33.2 Å². The number of alkyl halides is 1. The predicted octanol–water partition coefficient (Wildman–Crippen LogP) is 3.44. The summed E-state index contributed by atoms with van der Waals surface area (Å²) in [6, 6.07) is 13.3. The minimum Gasteiger partial charge on any atom is -0.325 e. The van der Waals surface area contributed by atoms with E-state index in [1.807, 2.05) is 19.1 Å². The maximum absolute atomic E-state index is 13.0. The van der Waals surface area contributed by atoms with Crippen molar-refractivity contribution in [3.05, 3.63) is 65.2 Å². The minimum absolute atomic E-state index is 0.193. The number of Topliss-reactive ketones (excluding diaryl/α,β-unsaturated/α-hetero) is 3. The summed E-state index contributed by atoms with van der Waals surface area (Å²) in [5, 5.41) is 1.37. The van der Waals surface area contributed by atoms with E-state index in [1.165, 1.54) is 19.1 Å². The highest BCUT2D eigenvalue weighted by molar-refractivity contribution is 6.39. The molecular weight excluding hydrogens is 366 g/mol. The molecule has 3 atom stereocenters. The van der Waals surface area contributed by atoms with Crippen LogP contribution in [0.25, 0.3) is 0 Å². The molecule has 1 amide bonds. The molecule has 0 aliphatic heterocycles. The van der Waals surface area contributed by atoms with Gasteiger partial charge in [-0.2, -0.15) is 0 Å². The molecule has 0 spiro atoms. The molecular formula is C21H18ClNO4. The summed E-state index contributed by atoms with van der Waals surface area (Å²) in [6.07, 6.45) is 0. The third-order valence-corrected chi connectivity index (χ3v) is 5.19. The molecule has 0 bridgehead atoms. The highest BCUT2D eigenvalue weighted by Gasteiger charge is 2.48. The molecule has 1 N–H and O–H groups in total. The van der Waals surface area contributed by atoms with Crippen molar-refractivity contribution in [3.63, 3.8) is 0 Å². The topological polar surface area (TPSA) is 80.3 Å². The first kappa shape index (κ1) is 19.0. The zero-order chi connectivity index (χ0) is 19.7. The van der Waals surface area contributed by atoms with Gasteiger partial charge in [0.05, 0.1) is 5.92 Å². The molecule has 138 valence electrons. The number of carbonyl (C=O) groups excluding carboxylic acids is 4. The van der Waals surface area contributed by atoms with Gasteiger partial charge in [-0.3, -0.25) is 19.2 Å². The molecule has 1 aliphatic rings. The maximum atomic E-state index is 13.0. The van der Waals surface area contributed by atoms with Gasteiger partial charge < -0.3 is 5.32 Å². The first-order chi connectivity index (χ1) is 12.8. The van der Waals surface area contributed by atoms with Crippen LogP contribution in [0.2, 0.25) is 0 Å². The Bertz CT molecular complexity index is 935. The molecule has 0 radical (unpaired) electrons. The standard InChI is InChI=1S/C21H18ClNO4/c1-11-7-9-13(10-8-11)23-21(27)16(12(2)24)17-18(22)20(26)15-6-4-3-5-14(15)19(17)25/h3-10,16-18H,1-2H3,(H,23,27)/t16-,17-,18-/m0/s1. The van der Waals surface area contributed by atoms with Crippen LogP contribution in [-0.4, -0.2) is 28.6 Å². The molecule has 3 rings (SSSR count). The molecule has 2 aromatic rings. The predicted molar refractivity (Wildman–Crippen MR) is 102 cm³/mol. The summed E-state index contributed by atoms with van der Waals surface area (Å²) in [7, 11) is 0. The van der Waals surface area contributed by atoms with Crippen molar-refractivity contribution in [2.45, 2.75) is 19.2 Å². The molecule has 0 aromatic heterocycles. The fraction of sp³-hybridized carbons (Fsp3) is 0.238. The van der Waals surface area contributed by atoms with Crippen molar-refractivity contribution >= 4 is 40.5 Å². The molecule has 0 saturated carbocycles. The molecule has 0 fully saturated rings. The third kappa shape index (κ3) is 3.55. The Kier molecular flexibility index (Phi) is 5.24. The third-order valence-electron chi connectivity index (χ3n) is 4.73. The quantitative estimate of drug-likeness (QED) is 0.647. The van der Waals surface area contributed by atoms with Crippen LogP contribution in [0.15, 0.2) is 48.5 Å². The number of nitrogens with one attached hydrogen (secondary N) is 1. The molecule has 0 heterocycles. The van der Waals surface area contributed by atoms with Gasteiger partial charge in [0, 0.05) is 16.8 Å². The average molecular weight is 384 g/mol. The largest absolute Gasteiger partial charge is 0.325 e. The molecule has 5 nitrogen and oxygen atoms in total. The Labute approximate surface area is 161 Å². The van der Waals surface area contributed by atoms with Gasteiger partial charge in [-0.25, -0.2) is 0 Å². The van der Waals surface area contributed by atoms with Crippen LogP contribution in [0, 0.1) is 18.8 Å². The highest BCUT2D eigenvalue weighted by atomic mass is 35.5. The second-order valence-electron chi connectivity index (χ2n) is 6.65. The van der Waals surface area contributed by atoms with Crippen LogP contribution in [0.5, 0.6) is 0 Å². The summed E-state index contributed by atoms with van der Waals surface area (Å²) in [6.45, 7) is 3.13. The normalized spacial score (nSPS) is 20.0. The number of rotatable bonds is 4. The fourth-order valence-electron chi connectivity index (χ4n) is 3.31. The van der Waals surface area contributed by atoms with Crippen molar-refractivity contribution < 1.29 is 19.2 Å². The lowest BCUT2D eigenvalue weighted by Crippen LogP contribution is -2.48. The molecule has 0 unspecified atom stereocenters. The van der Waals surface area contributed by atoms with Crippen LogP contribution < -0.4 is 5.32 Å². The Balaban J connectivity index is 1.96. The minimum atomic E-state index is -1.35. The Morgan fingerprint density at radius 1 is 0.963 bits per heavy atom. The summed E-state index contributed by atoms with van der Waals surface area (Å²) in [5.74, 6) is -4.68. The van der Waals surface area contributed by atoms with E-state index in [-0.39, 0.29) is 11.1 Å². The molecule has 6 heteroatoms. The Morgan fingerprint density at radius 3 is 2.07 bits per heavy atom. The molecule has 2 aromatic carbocycles. The zero-order valence-corrected chi connectivity index (χ0v) is 15.6. The lowest BCUT2D eigenvalue weighted by molar-refractivity contribution is -0.131. The van der Waals surface area contributed by atoms with E-state index >= 15 is 0 Å². The van der Waals surface area contributed by atoms with Gasteiger partial charge in [-0.1, -0.05) is 42.0 Å². The number of hydrogen-bond acceptors (Lipinski definition) is 4.